The quantitative estimate of drug-likeness (QED) is 0.0881. The minimum atomic E-state index is -0.353. The van der Waals surface area contributed by atoms with E-state index in [1.165, 1.54) is 0 Å². The van der Waals surface area contributed by atoms with E-state index in [1.807, 2.05) is 72.8 Å². The van der Waals surface area contributed by atoms with Crippen LogP contribution in [0.1, 0.15) is 191 Å². The van der Waals surface area contributed by atoms with E-state index in [2.05, 4.69) is 132 Å². The molecule has 8 aromatic carbocycles. The molecule has 8 aromatic rings. The summed E-state index contributed by atoms with van der Waals surface area (Å²) in [5.41, 5.74) is 11.6. The molecule has 0 saturated carbocycles. The molecular formula is C76H80O8. The summed E-state index contributed by atoms with van der Waals surface area (Å²) in [6.07, 6.45) is 1.17. The molecule has 0 spiro atoms. The van der Waals surface area contributed by atoms with Gasteiger partial charge < -0.3 is 18.9 Å². The molecule has 0 unspecified atom stereocenters. The second-order valence-corrected chi connectivity index (χ2v) is 26.5. The summed E-state index contributed by atoms with van der Waals surface area (Å²) in [6, 6.07) is 54.3. The number of benzene rings is 8. The van der Waals surface area contributed by atoms with Crippen LogP contribution in [-0.4, -0.2) is 49.6 Å². The molecule has 0 atom stereocenters. The van der Waals surface area contributed by atoms with E-state index in [-0.39, 0.29) is 71.2 Å². The zero-order chi connectivity index (χ0) is 60.1. The molecule has 0 radical (unpaired) electrons. The fourth-order valence-corrected chi connectivity index (χ4v) is 10.7. The fourth-order valence-electron chi connectivity index (χ4n) is 10.7. The summed E-state index contributed by atoms with van der Waals surface area (Å²) in [5.74, 6) is 1.54. The summed E-state index contributed by atoms with van der Waals surface area (Å²) >= 11 is 0. The second kappa shape index (κ2) is 24.8. The summed E-state index contributed by atoms with van der Waals surface area (Å²) in [7, 11) is 0. The minimum absolute atomic E-state index is 0.172. The molecule has 0 N–H and O–H groups in total. The van der Waals surface area contributed by atoms with Gasteiger partial charge in [-0.2, -0.15) is 0 Å². The van der Waals surface area contributed by atoms with Gasteiger partial charge >= 0.3 is 0 Å². The number of carbonyl (C=O) groups is 4. The van der Waals surface area contributed by atoms with Crippen LogP contribution in [0.4, 0.5) is 0 Å². The van der Waals surface area contributed by atoms with Gasteiger partial charge in [-0.1, -0.05) is 253 Å². The first kappa shape index (κ1) is 60.2. The van der Waals surface area contributed by atoms with Gasteiger partial charge in [-0.15, -0.1) is 0 Å². The zero-order valence-electron chi connectivity index (χ0n) is 51.1. The third-order valence-corrected chi connectivity index (χ3v) is 15.7. The molecule has 8 heteroatoms. The van der Waals surface area contributed by atoms with Gasteiger partial charge in [-0.05, 0) is 88.4 Å². The van der Waals surface area contributed by atoms with Crippen molar-refractivity contribution in [3.8, 4) is 23.0 Å². The van der Waals surface area contributed by atoms with Crippen molar-refractivity contribution < 1.29 is 38.1 Å². The van der Waals surface area contributed by atoms with E-state index in [4.69, 9.17) is 18.9 Å². The molecule has 8 bridgehead atoms. The highest BCUT2D eigenvalue weighted by atomic mass is 16.5. The molecular weight excluding hydrogens is 1040 g/mol. The lowest BCUT2D eigenvalue weighted by atomic mass is 9.79. The SMILES string of the molecule is CC(C)(C)c1cc2c(OCC(=O)c3ccccc3)c(c1)Cc1cc(C(C)(C)C)cc(c1OCC(=O)c1ccccc1)Cc1cc(C(C)(C)C)cc(c1OCC(=O)c1ccccc1)Cc1cc(C(C)(C)C)cc(c1OCC(=O)c1ccccc1)C2. The van der Waals surface area contributed by atoms with E-state index < -0.39 is 0 Å². The maximum Gasteiger partial charge on any atom is 0.200 e. The highest BCUT2D eigenvalue weighted by Crippen LogP contribution is 2.45. The molecule has 9 rings (SSSR count). The predicted octanol–water partition coefficient (Wildman–Crippen LogP) is 16.6. The Balaban J connectivity index is 1.37. The number of hydrogen-bond acceptors (Lipinski definition) is 8. The van der Waals surface area contributed by atoms with Crippen molar-refractivity contribution >= 4 is 23.1 Å². The monoisotopic (exact) mass is 1120 g/mol. The van der Waals surface area contributed by atoms with Crippen LogP contribution in [0.15, 0.2) is 170 Å². The van der Waals surface area contributed by atoms with E-state index >= 15 is 0 Å². The molecule has 0 saturated heterocycles. The minimum Gasteiger partial charge on any atom is -0.485 e. The van der Waals surface area contributed by atoms with Crippen molar-refractivity contribution in [1.29, 1.82) is 0 Å². The van der Waals surface area contributed by atoms with Crippen LogP contribution >= 0.6 is 0 Å². The summed E-state index contributed by atoms with van der Waals surface area (Å²) in [5, 5.41) is 0. The number of rotatable bonds is 16. The maximum atomic E-state index is 14.2. The van der Waals surface area contributed by atoms with Gasteiger partial charge in [0.05, 0.1) is 0 Å². The lowest BCUT2D eigenvalue weighted by Gasteiger charge is -2.29. The number of Topliss-reactive ketones (excluding diaryl/α,β-unsaturated/α-hetero) is 4. The first-order chi connectivity index (χ1) is 39.8. The number of ketones is 4. The van der Waals surface area contributed by atoms with Crippen molar-refractivity contribution in [2.75, 3.05) is 26.4 Å². The molecule has 0 amide bonds. The van der Waals surface area contributed by atoms with Crippen molar-refractivity contribution in [2.24, 2.45) is 0 Å². The fraction of sp³-hybridized carbons (Fsp3) is 0.316. The Morgan fingerprint density at radius 1 is 0.274 bits per heavy atom. The third kappa shape index (κ3) is 14.5. The van der Waals surface area contributed by atoms with Crippen LogP contribution in [0.5, 0.6) is 23.0 Å². The molecule has 8 nitrogen and oxygen atoms in total. The average Bonchev–Trinajstić information content (AvgIpc) is 1.39. The average molecular weight is 1120 g/mol. The van der Waals surface area contributed by atoms with Crippen molar-refractivity contribution in [2.45, 2.75) is 130 Å². The summed E-state index contributed by atoms with van der Waals surface area (Å²) in [6.45, 7) is 25.4. The van der Waals surface area contributed by atoms with Crippen LogP contribution in [0, 0.1) is 0 Å². The van der Waals surface area contributed by atoms with Gasteiger partial charge in [0.25, 0.3) is 0 Å². The standard InChI is InChI=1S/C76H80O8/c1-73(2,3)61-37-53-33-55-39-62(74(4,5)6)41-57(70(55)82-46-66(78)50-27-19-14-20-28-50)35-59-43-64(76(10,11)12)44-60(72(59)84-48-68(80)52-31-23-16-24-32-52)36-58-42-63(75(7,8)9)40-56(71(58)83-47-67(79)51-29-21-15-22-30-51)34-54(38-61)69(53)81-45-65(77)49-25-17-13-18-26-49/h13-32,37-44H,33-36,45-48H2,1-12H3. The molecule has 1 aliphatic carbocycles. The number of ether oxygens (including phenoxy) is 4. The predicted molar refractivity (Wildman–Crippen MR) is 337 cm³/mol. The smallest absolute Gasteiger partial charge is 0.200 e. The Morgan fingerprint density at radius 3 is 0.571 bits per heavy atom. The van der Waals surface area contributed by atoms with Crippen LogP contribution in [0.25, 0.3) is 0 Å². The number of carbonyl (C=O) groups excluding carboxylic acids is 4. The Hall–Kier alpha value is -8.36. The molecule has 84 heavy (non-hydrogen) atoms. The Morgan fingerprint density at radius 2 is 0.429 bits per heavy atom. The van der Waals surface area contributed by atoms with E-state index in [1.54, 1.807) is 48.5 Å². The topological polar surface area (TPSA) is 105 Å². The molecule has 0 heterocycles. The van der Waals surface area contributed by atoms with Gasteiger partial charge in [-0.3, -0.25) is 19.2 Å². The Bertz CT molecular complexity index is 3110. The van der Waals surface area contributed by atoms with Crippen LogP contribution in [0.3, 0.4) is 0 Å². The van der Waals surface area contributed by atoms with Crippen LogP contribution < -0.4 is 18.9 Å². The van der Waals surface area contributed by atoms with Gasteiger partial charge in [0.1, 0.15) is 23.0 Å². The lowest BCUT2D eigenvalue weighted by molar-refractivity contribution is 0.0913. The van der Waals surface area contributed by atoms with Gasteiger partial charge in [0.2, 0.25) is 0 Å². The molecule has 0 fully saturated rings. The van der Waals surface area contributed by atoms with E-state index in [9.17, 15) is 19.2 Å². The Kier molecular flexibility index (Phi) is 17.8. The number of fused-ring (bicyclic) bond motifs is 8. The van der Waals surface area contributed by atoms with Crippen molar-refractivity contribution in [3.63, 3.8) is 0 Å². The highest BCUT2D eigenvalue weighted by Gasteiger charge is 2.31. The maximum absolute atomic E-state index is 14.2. The normalized spacial score (nSPS) is 12.7. The van der Waals surface area contributed by atoms with Gasteiger partial charge in [-0.25, -0.2) is 0 Å². The van der Waals surface area contributed by atoms with Crippen molar-refractivity contribution in [1.82, 2.24) is 0 Å². The van der Waals surface area contributed by atoms with Gasteiger partial charge in [0, 0.05) is 47.9 Å². The molecule has 1 aliphatic rings. The third-order valence-electron chi connectivity index (χ3n) is 15.7. The van der Waals surface area contributed by atoms with Gasteiger partial charge in [0.15, 0.2) is 49.6 Å². The zero-order valence-corrected chi connectivity index (χ0v) is 51.1. The number of hydrogen-bond donors (Lipinski definition) is 0. The summed E-state index contributed by atoms with van der Waals surface area (Å²) < 4.78 is 28.1. The van der Waals surface area contributed by atoms with Crippen molar-refractivity contribution in [3.05, 3.63) is 259 Å². The second-order valence-electron chi connectivity index (χ2n) is 26.5. The van der Waals surface area contributed by atoms with Crippen LogP contribution in [0.2, 0.25) is 0 Å². The van der Waals surface area contributed by atoms with E-state index in [0.717, 1.165) is 66.8 Å². The summed E-state index contributed by atoms with van der Waals surface area (Å²) in [4.78, 5) is 56.9. The lowest BCUT2D eigenvalue weighted by Crippen LogP contribution is -2.20. The largest absolute Gasteiger partial charge is 0.485 e. The van der Waals surface area contributed by atoms with E-state index in [0.29, 0.717) is 70.9 Å². The molecule has 432 valence electrons. The first-order valence-electron chi connectivity index (χ1n) is 29.3. The van der Waals surface area contributed by atoms with Crippen LogP contribution in [-0.2, 0) is 47.3 Å². The molecule has 0 aromatic heterocycles. The Labute approximate surface area is 497 Å². The highest BCUT2D eigenvalue weighted by molar-refractivity contribution is 5.99. The first-order valence-corrected chi connectivity index (χ1v) is 29.3. The molecule has 0 aliphatic heterocycles.